The molecule has 0 aliphatic rings. The summed E-state index contributed by atoms with van der Waals surface area (Å²) in [5.74, 6) is -0.675. The van der Waals surface area contributed by atoms with Crippen molar-refractivity contribution in [2.24, 2.45) is 0 Å². The summed E-state index contributed by atoms with van der Waals surface area (Å²) in [4.78, 5) is 17.5. The maximum atomic E-state index is 11.2. The van der Waals surface area contributed by atoms with E-state index in [0.29, 0.717) is 18.9 Å². The summed E-state index contributed by atoms with van der Waals surface area (Å²) < 4.78 is 0. The number of hydrogen-bond acceptors (Lipinski definition) is 5. The smallest absolute Gasteiger partial charge is 0.339 e. The van der Waals surface area contributed by atoms with Gasteiger partial charge < -0.3 is 21.5 Å². The largest absolute Gasteiger partial charge is 0.478 e. The molecule has 3 rings (SSSR count). The minimum Gasteiger partial charge on any atom is -0.478 e. The number of aromatic carboxylic acids is 1. The number of hydrogen-bond donors (Lipinski definition) is 3. The molecule has 3 aromatic rings. The van der Waals surface area contributed by atoms with Gasteiger partial charge in [0, 0.05) is 19.3 Å². The van der Waals surface area contributed by atoms with Crippen LogP contribution >= 0.6 is 0 Å². The van der Waals surface area contributed by atoms with Gasteiger partial charge in [0.05, 0.1) is 11.4 Å². The van der Waals surface area contributed by atoms with Crippen LogP contribution < -0.4 is 16.4 Å². The number of nitrogen functional groups attached to an aromatic ring is 2. The standard InChI is InChI=1S/C20H20N4O2/c21-17-16(20(25)26)11-23-19(18(17)22)24(12-14-7-3-1-4-8-14)13-15-9-5-2-6-10-15/h1-11H,12-13,22H2,(H2,21,23)(H,25,26). The first-order valence-electron chi connectivity index (χ1n) is 8.16. The molecule has 26 heavy (non-hydrogen) atoms. The highest BCUT2D eigenvalue weighted by atomic mass is 16.4. The quantitative estimate of drug-likeness (QED) is 0.632. The molecule has 0 radical (unpaired) electrons. The van der Waals surface area contributed by atoms with Crippen LogP contribution in [0.1, 0.15) is 21.5 Å². The van der Waals surface area contributed by atoms with Gasteiger partial charge in [-0.2, -0.15) is 0 Å². The second-order valence-electron chi connectivity index (χ2n) is 5.96. The van der Waals surface area contributed by atoms with E-state index >= 15 is 0 Å². The van der Waals surface area contributed by atoms with E-state index in [-0.39, 0.29) is 16.9 Å². The highest BCUT2D eigenvalue weighted by Crippen LogP contribution is 2.31. The number of carbonyl (C=O) groups is 1. The zero-order valence-electron chi connectivity index (χ0n) is 14.2. The maximum absolute atomic E-state index is 11.2. The van der Waals surface area contributed by atoms with Gasteiger partial charge in [-0.05, 0) is 11.1 Å². The van der Waals surface area contributed by atoms with E-state index in [9.17, 15) is 9.90 Å². The van der Waals surface area contributed by atoms with Crippen LogP contribution in [0.25, 0.3) is 0 Å². The third-order valence-electron chi connectivity index (χ3n) is 4.10. The number of pyridine rings is 1. The van der Waals surface area contributed by atoms with Crippen LogP contribution in [0.4, 0.5) is 17.2 Å². The Hall–Kier alpha value is -3.54. The van der Waals surface area contributed by atoms with Crippen LogP contribution in [0.15, 0.2) is 66.9 Å². The van der Waals surface area contributed by atoms with Crippen LogP contribution in [0.5, 0.6) is 0 Å². The highest BCUT2D eigenvalue weighted by molar-refractivity contribution is 5.98. The Morgan fingerprint density at radius 1 is 0.885 bits per heavy atom. The van der Waals surface area contributed by atoms with Crippen molar-refractivity contribution in [1.82, 2.24) is 4.98 Å². The van der Waals surface area contributed by atoms with Crippen molar-refractivity contribution in [3.63, 3.8) is 0 Å². The molecule has 0 aliphatic heterocycles. The third kappa shape index (κ3) is 3.75. The fourth-order valence-electron chi connectivity index (χ4n) is 2.77. The second-order valence-corrected chi connectivity index (χ2v) is 5.96. The molecule has 0 amide bonds. The van der Waals surface area contributed by atoms with E-state index < -0.39 is 5.97 Å². The van der Waals surface area contributed by atoms with E-state index in [1.165, 1.54) is 6.20 Å². The Balaban J connectivity index is 2.00. The minimum atomic E-state index is -1.15. The van der Waals surface area contributed by atoms with Gasteiger partial charge in [0.25, 0.3) is 0 Å². The predicted octanol–water partition coefficient (Wildman–Crippen LogP) is 3.15. The molecule has 1 heterocycles. The number of nitrogens with zero attached hydrogens (tertiary/aromatic N) is 2. The fourth-order valence-corrected chi connectivity index (χ4v) is 2.77. The average molecular weight is 348 g/mol. The lowest BCUT2D eigenvalue weighted by Crippen LogP contribution is -2.25. The zero-order chi connectivity index (χ0) is 18.5. The Morgan fingerprint density at radius 2 is 1.38 bits per heavy atom. The van der Waals surface area contributed by atoms with Gasteiger partial charge in [-0.1, -0.05) is 60.7 Å². The number of rotatable bonds is 6. The van der Waals surface area contributed by atoms with Crippen molar-refractivity contribution in [2.75, 3.05) is 16.4 Å². The molecule has 0 fully saturated rings. The molecule has 0 spiro atoms. The first-order valence-corrected chi connectivity index (χ1v) is 8.16. The predicted molar refractivity (Wildman–Crippen MR) is 103 cm³/mol. The molecule has 0 saturated carbocycles. The van der Waals surface area contributed by atoms with Crippen LogP contribution in [-0.4, -0.2) is 16.1 Å². The highest BCUT2D eigenvalue weighted by Gasteiger charge is 2.19. The van der Waals surface area contributed by atoms with Gasteiger partial charge in [-0.3, -0.25) is 0 Å². The summed E-state index contributed by atoms with van der Waals surface area (Å²) >= 11 is 0. The Labute approximate surface area is 151 Å². The number of nitrogens with two attached hydrogens (primary N) is 2. The van der Waals surface area contributed by atoms with Gasteiger partial charge in [0.1, 0.15) is 5.56 Å². The van der Waals surface area contributed by atoms with Crippen molar-refractivity contribution < 1.29 is 9.90 Å². The summed E-state index contributed by atoms with van der Waals surface area (Å²) in [7, 11) is 0. The van der Waals surface area contributed by atoms with E-state index in [0.717, 1.165) is 11.1 Å². The molecular weight excluding hydrogens is 328 g/mol. The van der Waals surface area contributed by atoms with Crippen molar-refractivity contribution in [3.05, 3.63) is 83.6 Å². The molecule has 0 saturated heterocycles. The first kappa shape index (κ1) is 17.3. The van der Waals surface area contributed by atoms with Crippen molar-refractivity contribution >= 4 is 23.2 Å². The number of carboxylic acid groups (broad SMARTS) is 1. The zero-order valence-corrected chi connectivity index (χ0v) is 14.2. The first-order chi connectivity index (χ1) is 12.6. The summed E-state index contributed by atoms with van der Waals surface area (Å²) in [6, 6.07) is 19.8. The Kier molecular flexibility index (Phi) is 5.03. The Morgan fingerprint density at radius 3 is 1.85 bits per heavy atom. The van der Waals surface area contributed by atoms with Crippen LogP contribution in [-0.2, 0) is 13.1 Å². The fraction of sp³-hybridized carbons (Fsp3) is 0.100. The lowest BCUT2D eigenvalue weighted by molar-refractivity contribution is 0.0697. The molecular formula is C20H20N4O2. The van der Waals surface area contributed by atoms with E-state index in [4.69, 9.17) is 11.5 Å². The SMILES string of the molecule is Nc1c(C(=O)O)cnc(N(Cc2ccccc2)Cc2ccccc2)c1N. The van der Waals surface area contributed by atoms with Gasteiger partial charge in [0.2, 0.25) is 0 Å². The summed E-state index contributed by atoms with van der Waals surface area (Å²) in [6.07, 6.45) is 1.26. The third-order valence-corrected chi connectivity index (χ3v) is 4.10. The molecule has 6 heteroatoms. The summed E-state index contributed by atoms with van der Waals surface area (Å²) in [5, 5.41) is 9.20. The van der Waals surface area contributed by atoms with Gasteiger partial charge in [-0.25, -0.2) is 9.78 Å². The summed E-state index contributed by atoms with van der Waals surface area (Å²) in [6.45, 7) is 1.14. The van der Waals surface area contributed by atoms with Gasteiger partial charge >= 0.3 is 5.97 Å². The molecule has 5 N–H and O–H groups in total. The molecule has 1 aromatic heterocycles. The topological polar surface area (TPSA) is 105 Å². The van der Waals surface area contributed by atoms with Crippen molar-refractivity contribution in [1.29, 1.82) is 0 Å². The summed E-state index contributed by atoms with van der Waals surface area (Å²) in [5.41, 5.74) is 14.4. The van der Waals surface area contributed by atoms with Crippen LogP contribution in [0.2, 0.25) is 0 Å². The Bertz CT molecular complexity index is 857. The lowest BCUT2D eigenvalue weighted by Gasteiger charge is -2.26. The number of aromatic nitrogens is 1. The van der Waals surface area contributed by atoms with E-state index in [2.05, 4.69) is 4.98 Å². The van der Waals surface area contributed by atoms with Crippen LogP contribution in [0, 0.1) is 0 Å². The molecule has 132 valence electrons. The molecule has 0 aliphatic carbocycles. The molecule has 0 bridgehead atoms. The monoisotopic (exact) mass is 348 g/mol. The molecule has 2 aromatic carbocycles. The molecule has 0 unspecified atom stereocenters. The van der Waals surface area contributed by atoms with Crippen LogP contribution in [0.3, 0.4) is 0 Å². The number of benzene rings is 2. The lowest BCUT2D eigenvalue weighted by atomic mass is 10.1. The van der Waals surface area contributed by atoms with E-state index in [1.807, 2.05) is 65.6 Å². The van der Waals surface area contributed by atoms with Crippen molar-refractivity contribution in [3.8, 4) is 0 Å². The van der Waals surface area contributed by atoms with E-state index in [1.54, 1.807) is 0 Å². The van der Waals surface area contributed by atoms with Gasteiger partial charge in [0.15, 0.2) is 5.82 Å². The normalized spacial score (nSPS) is 10.5. The minimum absolute atomic E-state index is 0.0358. The number of anilines is 3. The molecule has 6 nitrogen and oxygen atoms in total. The van der Waals surface area contributed by atoms with Gasteiger partial charge in [-0.15, -0.1) is 0 Å². The van der Waals surface area contributed by atoms with Crippen molar-refractivity contribution in [2.45, 2.75) is 13.1 Å². The maximum Gasteiger partial charge on any atom is 0.339 e. The molecule has 0 atom stereocenters. The average Bonchev–Trinajstić information content (AvgIpc) is 2.65. The second kappa shape index (κ2) is 7.57. The number of carboxylic acids is 1.